The van der Waals surface area contributed by atoms with E-state index in [2.05, 4.69) is 4.98 Å². The molecule has 0 aliphatic carbocycles. The van der Waals surface area contributed by atoms with Crippen molar-refractivity contribution in [2.45, 2.75) is 13.2 Å². The van der Waals surface area contributed by atoms with Gasteiger partial charge in [0, 0.05) is 7.05 Å². The van der Waals surface area contributed by atoms with Crippen molar-refractivity contribution < 1.29 is 23.5 Å². The molecule has 0 spiro atoms. The summed E-state index contributed by atoms with van der Waals surface area (Å²) in [6.45, 7) is -0.151. The van der Waals surface area contributed by atoms with E-state index in [-0.39, 0.29) is 41.2 Å². The van der Waals surface area contributed by atoms with Crippen LogP contribution in [0.5, 0.6) is 0 Å². The van der Waals surface area contributed by atoms with Gasteiger partial charge in [0.15, 0.2) is 5.82 Å². The van der Waals surface area contributed by atoms with Crippen LogP contribution in [0.4, 0.5) is 0 Å². The molecule has 0 fully saturated rings. The average Bonchev–Trinajstić information content (AvgIpc) is 3.42. The van der Waals surface area contributed by atoms with Gasteiger partial charge in [0.1, 0.15) is 12.4 Å². The standard InChI is InChI=1S/C24H17N3O6/c1-26-21(28)16-9-8-14(11-18(16)22(26)29)24(31)33-13-20-25-19-7-3-2-6-17(19)23(30)27(20)12-15-5-4-10-32-15/h2-11H,12-13H2,1H3. The van der Waals surface area contributed by atoms with Crippen molar-refractivity contribution in [3.05, 3.63) is 99.5 Å². The average molecular weight is 443 g/mol. The van der Waals surface area contributed by atoms with Crippen LogP contribution < -0.4 is 5.56 Å². The van der Waals surface area contributed by atoms with E-state index in [9.17, 15) is 19.2 Å². The molecule has 0 unspecified atom stereocenters. The lowest BCUT2D eigenvalue weighted by Gasteiger charge is -2.13. The van der Waals surface area contributed by atoms with E-state index in [0.717, 1.165) is 4.90 Å². The van der Waals surface area contributed by atoms with E-state index >= 15 is 0 Å². The Kier molecular flexibility index (Phi) is 4.86. The first-order chi connectivity index (χ1) is 15.9. The molecule has 2 aromatic carbocycles. The molecule has 3 heterocycles. The van der Waals surface area contributed by atoms with Crippen LogP contribution in [0.1, 0.15) is 42.7 Å². The number of para-hydroxylation sites is 1. The first kappa shape index (κ1) is 20.4. The normalized spacial score (nSPS) is 12.9. The van der Waals surface area contributed by atoms with Gasteiger partial charge in [-0.15, -0.1) is 0 Å². The number of ether oxygens (including phenoxy) is 1. The number of esters is 1. The quantitative estimate of drug-likeness (QED) is 0.344. The van der Waals surface area contributed by atoms with Gasteiger partial charge >= 0.3 is 5.97 Å². The van der Waals surface area contributed by atoms with E-state index < -0.39 is 17.8 Å². The van der Waals surface area contributed by atoms with Crippen molar-refractivity contribution in [1.29, 1.82) is 0 Å². The molecular weight excluding hydrogens is 426 g/mol. The Morgan fingerprint density at radius 3 is 2.58 bits per heavy atom. The second kappa shape index (κ2) is 7.86. The minimum Gasteiger partial charge on any atom is -0.467 e. The monoisotopic (exact) mass is 443 g/mol. The molecule has 164 valence electrons. The lowest BCUT2D eigenvalue weighted by molar-refractivity contribution is 0.0456. The highest BCUT2D eigenvalue weighted by Crippen LogP contribution is 2.23. The second-order valence-corrected chi connectivity index (χ2v) is 7.52. The maximum absolute atomic E-state index is 13.1. The highest BCUT2D eigenvalue weighted by Gasteiger charge is 2.33. The molecule has 0 bridgehead atoms. The van der Waals surface area contributed by atoms with Crippen molar-refractivity contribution in [2.75, 3.05) is 7.05 Å². The number of aromatic nitrogens is 2. The predicted octanol–water partition coefficient (Wildman–Crippen LogP) is 2.62. The summed E-state index contributed by atoms with van der Waals surface area (Å²) in [6, 6.07) is 14.5. The zero-order valence-electron chi connectivity index (χ0n) is 17.5. The fourth-order valence-corrected chi connectivity index (χ4v) is 3.75. The van der Waals surface area contributed by atoms with Gasteiger partial charge in [-0.2, -0.15) is 0 Å². The molecule has 0 atom stereocenters. The summed E-state index contributed by atoms with van der Waals surface area (Å²) >= 11 is 0. The molecule has 0 saturated carbocycles. The zero-order valence-corrected chi connectivity index (χ0v) is 17.5. The number of amides is 2. The molecule has 1 aliphatic heterocycles. The third-order valence-electron chi connectivity index (χ3n) is 5.49. The molecule has 2 amide bonds. The Balaban J connectivity index is 1.45. The minimum atomic E-state index is -0.709. The molecule has 0 saturated heterocycles. The van der Waals surface area contributed by atoms with Crippen molar-refractivity contribution in [1.82, 2.24) is 14.5 Å². The Hall–Kier alpha value is -4.53. The van der Waals surface area contributed by atoms with Gasteiger partial charge in [0.25, 0.3) is 17.4 Å². The molecule has 5 rings (SSSR count). The summed E-state index contributed by atoms with van der Waals surface area (Å²) in [5.41, 5.74) is 0.700. The molecule has 0 radical (unpaired) electrons. The van der Waals surface area contributed by atoms with Gasteiger partial charge in [0.05, 0.1) is 40.4 Å². The summed E-state index contributed by atoms with van der Waals surface area (Å²) in [5.74, 6) is -0.812. The number of hydrogen-bond donors (Lipinski definition) is 0. The first-order valence-electron chi connectivity index (χ1n) is 10.1. The first-order valence-corrected chi connectivity index (χ1v) is 10.1. The number of nitrogens with zero attached hydrogens (tertiary/aromatic N) is 3. The van der Waals surface area contributed by atoms with E-state index in [1.807, 2.05) is 0 Å². The summed E-state index contributed by atoms with van der Waals surface area (Å²) in [5, 5.41) is 0.435. The predicted molar refractivity (Wildman–Crippen MR) is 116 cm³/mol. The van der Waals surface area contributed by atoms with Crippen molar-refractivity contribution in [3.63, 3.8) is 0 Å². The van der Waals surface area contributed by atoms with Crippen molar-refractivity contribution in [2.24, 2.45) is 0 Å². The van der Waals surface area contributed by atoms with E-state index in [0.29, 0.717) is 16.7 Å². The third-order valence-corrected chi connectivity index (χ3v) is 5.49. The van der Waals surface area contributed by atoms with Crippen molar-refractivity contribution in [3.8, 4) is 0 Å². The van der Waals surface area contributed by atoms with Crippen LogP contribution in [-0.4, -0.2) is 39.3 Å². The van der Waals surface area contributed by atoms with Gasteiger partial charge in [0.2, 0.25) is 0 Å². The summed E-state index contributed by atoms with van der Waals surface area (Å²) in [4.78, 5) is 55.5. The minimum absolute atomic E-state index is 0.117. The van der Waals surface area contributed by atoms with Crippen LogP contribution in [-0.2, 0) is 17.9 Å². The number of fused-ring (bicyclic) bond motifs is 2. The van der Waals surface area contributed by atoms with Gasteiger partial charge < -0.3 is 9.15 Å². The van der Waals surface area contributed by atoms with Gasteiger partial charge in [-0.25, -0.2) is 9.78 Å². The second-order valence-electron chi connectivity index (χ2n) is 7.52. The van der Waals surface area contributed by atoms with Crippen LogP contribution in [0.25, 0.3) is 10.9 Å². The number of hydrogen-bond acceptors (Lipinski definition) is 7. The Labute approximate surface area is 186 Å². The van der Waals surface area contributed by atoms with Gasteiger partial charge in [-0.05, 0) is 42.5 Å². The molecule has 33 heavy (non-hydrogen) atoms. The molecule has 0 N–H and O–H groups in total. The Morgan fingerprint density at radius 1 is 1.00 bits per heavy atom. The SMILES string of the molecule is CN1C(=O)c2ccc(C(=O)OCc3nc4ccccc4c(=O)n3Cc3ccco3)cc2C1=O. The van der Waals surface area contributed by atoms with E-state index in [1.165, 1.54) is 36.1 Å². The van der Waals surface area contributed by atoms with Crippen LogP contribution in [0.15, 0.2) is 70.1 Å². The van der Waals surface area contributed by atoms with Crippen molar-refractivity contribution >= 4 is 28.7 Å². The van der Waals surface area contributed by atoms with Crippen LogP contribution in [0, 0.1) is 0 Å². The molecule has 9 heteroatoms. The summed E-state index contributed by atoms with van der Waals surface area (Å²) < 4.78 is 12.2. The van der Waals surface area contributed by atoms with E-state index in [1.54, 1.807) is 36.4 Å². The number of rotatable bonds is 5. The third kappa shape index (κ3) is 3.49. The number of carbonyl (C=O) groups excluding carboxylic acids is 3. The lowest BCUT2D eigenvalue weighted by atomic mass is 10.1. The molecular formula is C24H17N3O6. The number of benzene rings is 2. The lowest BCUT2D eigenvalue weighted by Crippen LogP contribution is -2.26. The van der Waals surface area contributed by atoms with Gasteiger partial charge in [-0.1, -0.05) is 12.1 Å². The van der Waals surface area contributed by atoms with Crippen LogP contribution >= 0.6 is 0 Å². The Morgan fingerprint density at radius 2 is 1.79 bits per heavy atom. The van der Waals surface area contributed by atoms with Crippen LogP contribution in [0.2, 0.25) is 0 Å². The summed E-state index contributed by atoms with van der Waals surface area (Å²) in [6.07, 6.45) is 1.51. The fourth-order valence-electron chi connectivity index (χ4n) is 3.75. The molecule has 2 aromatic heterocycles. The number of carbonyl (C=O) groups is 3. The summed E-state index contributed by atoms with van der Waals surface area (Å²) in [7, 11) is 1.38. The smallest absolute Gasteiger partial charge is 0.338 e. The van der Waals surface area contributed by atoms with Crippen LogP contribution in [0.3, 0.4) is 0 Å². The van der Waals surface area contributed by atoms with Gasteiger partial charge in [-0.3, -0.25) is 23.9 Å². The maximum Gasteiger partial charge on any atom is 0.338 e. The zero-order chi connectivity index (χ0) is 23.1. The largest absolute Gasteiger partial charge is 0.467 e. The Bertz CT molecular complexity index is 1490. The number of furan rings is 1. The molecule has 4 aromatic rings. The molecule has 9 nitrogen and oxygen atoms in total. The van der Waals surface area contributed by atoms with E-state index in [4.69, 9.17) is 9.15 Å². The highest BCUT2D eigenvalue weighted by molar-refractivity contribution is 6.21. The topological polar surface area (TPSA) is 112 Å². The molecule has 1 aliphatic rings. The number of imide groups is 1. The maximum atomic E-state index is 13.1. The highest BCUT2D eigenvalue weighted by atomic mass is 16.5. The fraction of sp³-hybridized carbons (Fsp3) is 0.125.